The largest absolute Gasteiger partial charge is 0.486 e. The van der Waals surface area contributed by atoms with Crippen molar-refractivity contribution in [3.05, 3.63) is 78.1 Å². The second-order valence-electron chi connectivity index (χ2n) is 4.75. The van der Waals surface area contributed by atoms with Crippen molar-refractivity contribution in [1.29, 1.82) is 0 Å². The summed E-state index contributed by atoms with van der Waals surface area (Å²) in [4.78, 5) is 23.6. The number of ether oxygens (including phenoxy) is 1. The number of carbonyl (C=O) groups excluding carboxylic acids is 2. The van der Waals surface area contributed by atoms with Crippen LogP contribution in [0, 0.1) is 0 Å². The molecule has 0 saturated heterocycles. The van der Waals surface area contributed by atoms with E-state index in [4.69, 9.17) is 13.6 Å². The molecular formula is C17H14N2O5. The summed E-state index contributed by atoms with van der Waals surface area (Å²) < 4.78 is 15.8. The Morgan fingerprint density at radius 2 is 1.62 bits per heavy atom. The predicted molar refractivity (Wildman–Crippen MR) is 83.1 cm³/mol. The molecule has 0 aliphatic carbocycles. The van der Waals surface area contributed by atoms with E-state index < -0.39 is 11.8 Å². The van der Waals surface area contributed by atoms with E-state index in [0.717, 1.165) is 0 Å². The smallest absolute Gasteiger partial charge is 0.305 e. The first-order valence-corrected chi connectivity index (χ1v) is 7.13. The Morgan fingerprint density at radius 1 is 0.875 bits per heavy atom. The molecule has 1 aromatic carbocycles. The van der Waals surface area contributed by atoms with Crippen molar-refractivity contribution < 1.29 is 23.2 Å². The number of rotatable bonds is 5. The van der Waals surface area contributed by atoms with Gasteiger partial charge in [-0.05, 0) is 36.4 Å². The van der Waals surface area contributed by atoms with Gasteiger partial charge in [-0.2, -0.15) is 0 Å². The van der Waals surface area contributed by atoms with Gasteiger partial charge in [0.15, 0.2) is 11.5 Å². The number of amides is 2. The zero-order valence-electron chi connectivity index (χ0n) is 12.5. The molecule has 2 N–H and O–H groups in total. The van der Waals surface area contributed by atoms with Crippen molar-refractivity contribution in [2.75, 3.05) is 0 Å². The van der Waals surface area contributed by atoms with Crippen LogP contribution in [0.1, 0.15) is 26.9 Å². The van der Waals surface area contributed by atoms with Gasteiger partial charge >= 0.3 is 11.8 Å². The summed E-state index contributed by atoms with van der Waals surface area (Å²) in [6, 6.07) is 15.4. The van der Waals surface area contributed by atoms with Crippen molar-refractivity contribution >= 4 is 11.8 Å². The molecule has 3 rings (SSSR count). The van der Waals surface area contributed by atoms with Gasteiger partial charge in [-0.15, -0.1) is 0 Å². The predicted octanol–water partition coefficient (Wildman–Crippen LogP) is 2.53. The molecule has 2 amide bonds. The Balaban J connectivity index is 1.51. The average Bonchev–Trinajstić information content (AvgIpc) is 3.30. The van der Waals surface area contributed by atoms with Crippen LogP contribution in [0.5, 0.6) is 5.75 Å². The van der Waals surface area contributed by atoms with E-state index in [2.05, 4.69) is 10.9 Å². The third-order valence-corrected chi connectivity index (χ3v) is 3.04. The minimum absolute atomic E-state index is 0.0569. The van der Waals surface area contributed by atoms with Crippen LogP contribution in [-0.2, 0) is 6.61 Å². The number of para-hydroxylation sites is 1. The minimum Gasteiger partial charge on any atom is -0.486 e. The molecule has 0 unspecified atom stereocenters. The first-order chi connectivity index (χ1) is 11.7. The fourth-order valence-corrected chi connectivity index (χ4v) is 1.89. The molecule has 3 aromatic rings. The van der Waals surface area contributed by atoms with Crippen molar-refractivity contribution in [1.82, 2.24) is 10.9 Å². The van der Waals surface area contributed by atoms with Crippen LogP contribution in [-0.4, -0.2) is 11.8 Å². The number of hydrogen-bond acceptors (Lipinski definition) is 5. The van der Waals surface area contributed by atoms with Gasteiger partial charge in [0.25, 0.3) is 0 Å². The normalized spacial score (nSPS) is 10.2. The summed E-state index contributed by atoms with van der Waals surface area (Å²) in [5.74, 6) is 0.188. The monoisotopic (exact) mass is 326 g/mol. The highest BCUT2D eigenvalue weighted by Gasteiger charge is 2.14. The molecule has 2 heterocycles. The van der Waals surface area contributed by atoms with Gasteiger partial charge in [0.05, 0.1) is 6.26 Å². The van der Waals surface area contributed by atoms with E-state index in [0.29, 0.717) is 11.5 Å². The zero-order chi connectivity index (χ0) is 16.8. The van der Waals surface area contributed by atoms with Crippen LogP contribution in [0.15, 0.2) is 69.7 Å². The molecule has 0 atom stereocenters. The second kappa shape index (κ2) is 7.19. The molecule has 0 bridgehead atoms. The lowest BCUT2D eigenvalue weighted by atomic mass is 10.3. The van der Waals surface area contributed by atoms with E-state index in [1.54, 1.807) is 12.1 Å². The van der Waals surface area contributed by atoms with Gasteiger partial charge in [0, 0.05) is 0 Å². The molecule has 7 heteroatoms. The van der Waals surface area contributed by atoms with E-state index in [1.165, 1.54) is 18.4 Å². The molecule has 0 spiro atoms. The molecular weight excluding hydrogens is 312 g/mol. The summed E-state index contributed by atoms with van der Waals surface area (Å²) in [6.45, 7) is 0.191. The Morgan fingerprint density at radius 3 is 2.33 bits per heavy atom. The first kappa shape index (κ1) is 15.4. The summed E-state index contributed by atoms with van der Waals surface area (Å²) in [6.07, 6.45) is 1.36. The van der Waals surface area contributed by atoms with Crippen molar-refractivity contribution in [2.45, 2.75) is 6.61 Å². The Hall–Kier alpha value is -3.48. The quantitative estimate of drug-likeness (QED) is 0.703. The SMILES string of the molecule is O=C(NNC(=O)c1ccc(COc2ccccc2)o1)c1ccco1. The van der Waals surface area contributed by atoms with Crippen LogP contribution in [0.3, 0.4) is 0 Å². The highest BCUT2D eigenvalue weighted by atomic mass is 16.5. The van der Waals surface area contributed by atoms with Crippen LogP contribution in [0.2, 0.25) is 0 Å². The standard InChI is InChI=1S/C17H14N2O5/c20-16(14-7-4-10-22-14)18-19-17(21)15-9-8-13(24-15)11-23-12-5-2-1-3-6-12/h1-10H,11H2,(H,18,20)(H,19,21). The summed E-state index contributed by atoms with van der Waals surface area (Å²) in [7, 11) is 0. The maximum atomic E-state index is 11.9. The Kier molecular flexibility index (Phi) is 4.62. The lowest BCUT2D eigenvalue weighted by Crippen LogP contribution is -2.41. The molecule has 0 aliphatic rings. The van der Waals surface area contributed by atoms with Crippen molar-refractivity contribution in [2.24, 2.45) is 0 Å². The molecule has 0 saturated carbocycles. The van der Waals surface area contributed by atoms with Crippen LogP contribution >= 0.6 is 0 Å². The van der Waals surface area contributed by atoms with Gasteiger partial charge in [-0.25, -0.2) is 0 Å². The first-order valence-electron chi connectivity index (χ1n) is 7.13. The van der Waals surface area contributed by atoms with Gasteiger partial charge in [0.2, 0.25) is 0 Å². The third kappa shape index (κ3) is 3.83. The highest BCUT2D eigenvalue weighted by Crippen LogP contribution is 2.13. The molecule has 2 aromatic heterocycles. The maximum absolute atomic E-state index is 11.9. The molecule has 7 nitrogen and oxygen atoms in total. The Labute approximate surface area is 137 Å². The number of furan rings is 2. The molecule has 24 heavy (non-hydrogen) atoms. The topological polar surface area (TPSA) is 93.7 Å². The highest BCUT2D eigenvalue weighted by molar-refractivity contribution is 5.96. The van der Waals surface area contributed by atoms with Gasteiger partial charge in [-0.1, -0.05) is 18.2 Å². The summed E-state index contributed by atoms with van der Waals surface area (Å²) in [5.41, 5.74) is 4.47. The Bertz CT molecular complexity index is 809. The van der Waals surface area contributed by atoms with E-state index in [1.807, 2.05) is 30.3 Å². The maximum Gasteiger partial charge on any atom is 0.305 e. The van der Waals surface area contributed by atoms with Crippen molar-refractivity contribution in [3.8, 4) is 5.75 Å². The lowest BCUT2D eigenvalue weighted by molar-refractivity contribution is 0.0815. The molecule has 122 valence electrons. The second-order valence-corrected chi connectivity index (χ2v) is 4.75. The van der Waals surface area contributed by atoms with Crippen LogP contribution in [0.25, 0.3) is 0 Å². The minimum atomic E-state index is -0.583. The number of benzene rings is 1. The third-order valence-electron chi connectivity index (χ3n) is 3.04. The molecule has 0 aliphatic heterocycles. The molecule has 0 fully saturated rings. The van der Waals surface area contributed by atoms with Crippen molar-refractivity contribution in [3.63, 3.8) is 0 Å². The zero-order valence-corrected chi connectivity index (χ0v) is 12.5. The fraction of sp³-hybridized carbons (Fsp3) is 0.0588. The fourth-order valence-electron chi connectivity index (χ4n) is 1.89. The lowest BCUT2D eigenvalue weighted by Gasteiger charge is -2.04. The summed E-state index contributed by atoms with van der Waals surface area (Å²) in [5, 5.41) is 0. The number of carbonyl (C=O) groups is 2. The van der Waals surface area contributed by atoms with Gasteiger partial charge < -0.3 is 13.6 Å². The summed E-state index contributed by atoms with van der Waals surface area (Å²) >= 11 is 0. The van der Waals surface area contributed by atoms with E-state index in [9.17, 15) is 9.59 Å². The average molecular weight is 326 g/mol. The number of hydrogen-bond donors (Lipinski definition) is 2. The van der Waals surface area contributed by atoms with E-state index >= 15 is 0 Å². The van der Waals surface area contributed by atoms with Gasteiger partial charge in [-0.3, -0.25) is 20.4 Å². The van der Waals surface area contributed by atoms with E-state index in [-0.39, 0.29) is 18.1 Å². The van der Waals surface area contributed by atoms with Crippen LogP contribution in [0.4, 0.5) is 0 Å². The number of nitrogens with one attached hydrogen (secondary N) is 2. The molecule has 0 radical (unpaired) electrons. The van der Waals surface area contributed by atoms with Gasteiger partial charge in [0.1, 0.15) is 18.1 Å². The number of hydrazine groups is 1. The van der Waals surface area contributed by atoms with Crippen LogP contribution < -0.4 is 15.6 Å².